The molecular formula is C21H24N6. The summed E-state index contributed by atoms with van der Waals surface area (Å²) >= 11 is 0. The number of anilines is 1. The van der Waals surface area contributed by atoms with Gasteiger partial charge in [-0.15, -0.1) is 0 Å². The Morgan fingerprint density at radius 3 is 2.48 bits per heavy atom. The highest BCUT2D eigenvalue weighted by atomic mass is 15.3. The van der Waals surface area contributed by atoms with Crippen molar-refractivity contribution in [2.24, 2.45) is 0 Å². The first-order chi connectivity index (χ1) is 13.3. The van der Waals surface area contributed by atoms with E-state index >= 15 is 0 Å². The zero-order chi connectivity index (χ0) is 18.5. The Bertz CT molecular complexity index is 860. The van der Waals surface area contributed by atoms with E-state index < -0.39 is 0 Å². The van der Waals surface area contributed by atoms with E-state index in [4.69, 9.17) is 4.98 Å². The molecule has 0 spiro atoms. The second-order valence-corrected chi connectivity index (χ2v) is 6.87. The van der Waals surface area contributed by atoms with Gasteiger partial charge >= 0.3 is 0 Å². The summed E-state index contributed by atoms with van der Waals surface area (Å²) in [6.45, 7) is 7.18. The Balaban J connectivity index is 1.39. The van der Waals surface area contributed by atoms with E-state index in [-0.39, 0.29) is 0 Å². The van der Waals surface area contributed by atoms with Gasteiger partial charge in [-0.1, -0.05) is 0 Å². The second-order valence-electron chi connectivity index (χ2n) is 6.87. The largest absolute Gasteiger partial charge is 0.354 e. The zero-order valence-corrected chi connectivity index (χ0v) is 15.6. The van der Waals surface area contributed by atoms with Gasteiger partial charge in [0.25, 0.3) is 0 Å². The number of rotatable bonds is 5. The van der Waals surface area contributed by atoms with Crippen LogP contribution in [0.4, 0.5) is 5.82 Å². The number of aromatic nitrogens is 4. The van der Waals surface area contributed by atoms with Crippen LogP contribution in [0.2, 0.25) is 0 Å². The molecule has 27 heavy (non-hydrogen) atoms. The maximum absolute atomic E-state index is 4.80. The number of nitrogens with zero attached hydrogens (tertiary/aromatic N) is 6. The van der Waals surface area contributed by atoms with Crippen molar-refractivity contribution in [2.75, 3.05) is 37.6 Å². The maximum atomic E-state index is 4.80. The van der Waals surface area contributed by atoms with E-state index in [0.717, 1.165) is 62.0 Å². The third-order valence-electron chi connectivity index (χ3n) is 4.92. The molecule has 0 atom stereocenters. The fraction of sp³-hybridized carbons (Fsp3) is 0.333. The lowest BCUT2D eigenvalue weighted by molar-refractivity contribution is 0.260. The van der Waals surface area contributed by atoms with Crippen LogP contribution in [0.25, 0.3) is 11.4 Å². The van der Waals surface area contributed by atoms with Gasteiger partial charge in [-0.25, -0.2) is 9.97 Å². The van der Waals surface area contributed by atoms with Crippen LogP contribution in [-0.2, 0) is 6.42 Å². The number of pyridine rings is 2. The minimum atomic E-state index is 0.748. The van der Waals surface area contributed by atoms with Crippen LogP contribution in [0.15, 0.2) is 55.1 Å². The average Bonchev–Trinajstić information content (AvgIpc) is 2.73. The highest BCUT2D eigenvalue weighted by Crippen LogP contribution is 2.20. The van der Waals surface area contributed by atoms with Crippen molar-refractivity contribution in [3.05, 3.63) is 66.4 Å². The van der Waals surface area contributed by atoms with E-state index in [1.165, 1.54) is 5.56 Å². The molecule has 4 rings (SSSR count). The molecule has 3 aromatic heterocycles. The summed E-state index contributed by atoms with van der Waals surface area (Å²) in [5, 5.41) is 0. The van der Waals surface area contributed by atoms with Crippen molar-refractivity contribution >= 4 is 5.82 Å². The molecule has 6 nitrogen and oxygen atoms in total. The Morgan fingerprint density at radius 1 is 0.926 bits per heavy atom. The van der Waals surface area contributed by atoms with E-state index in [9.17, 15) is 0 Å². The number of aryl methyl sites for hydroxylation is 1. The summed E-state index contributed by atoms with van der Waals surface area (Å²) in [6, 6.07) is 10.2. The first-order valence-electron chi connectivity index (χ1n) is 9.40. The minimum absolute atomic E-state index is 0.748. The van der Waals surface area contributed by atoms with Gasteiger partial charge in [0.15, 0.2) is 5.82 Å². The molecule has 1 aliphatic rings. The molecule has 1 saturated heterocycles. The molecule has 0 saturated carbocycles. The Labute approximate surface area is 159 Å². The van der Waals surface area contributed by atoms with Crippen LogP contribution in [0.3, 0.4) is 0 Å². The van der Waals surface area contributed by atoms with Crippen molar-refractivity contribution < 1.29 is 0 Å². The monoisotopic (exact) mass is 360 g/mol. The summed E-state index contributed by atoms with van der Waals surface area (Å²) in [7, 11) is 0. The molecule has 0 bridgehead atoms. The third-order valence-corrected chi connectivity index (χ3v) is 4.92. The van der Waals surface area contributed by atoms with E-state index in [1.807, 2.05) is 37.6 Å². The smallest absolute Gasteiger partial charge is 0.163 e. The first-order valence-corrected chi connectivity index (χ1v) is 9.40. The van der Waals surface area contributed by atoms with Gasteiger partial charge in [0, 0.05) is 74.8 Å². The Hall–Kier alpha value is -2.86. The van der Waals surface area contributed by atoms with Gasteiger partial charge in [0.1, 0.15) is 5.82 Å². The van der Waals surface area contributed by atoms with Crippen molar-refractivity contribution in [3.63, 3.8) is 0 Å². The Morgan fingerprint density at radius 2 is 1.74 bits per heavy atom. The lowest BCUT2D eigenvalue weighted by atomic mass is 10.2. The lowest BCUT2D eigenvalue weighted by Crippen LogP contribution is -2.47. The highest BCUT2D eigenvalue weighted by Gasteiger charge is 2.19. The highest BCUT2D eigenvalue weighted by molar-refractivity contribution is 5.56. The van der Waals surface area contributed by atoms with Crippen molar-refractivity contribution in [2.45, 2.75) is 13.3 Å². The minimum Gasteiger partial charge on any atom is -0.354 e. The van der Waals surface area contributed by atoms with Crippen molar-refractivity contribution in [1.82, 2.24) is 24.8 Å². The van der Waals surface area contributed by atoms with Gasteiger partial charge in [0.2, 0.25) is 0 Å². The molecule has 3 aromatic rings. The summed E-state index contributed by atoms with van der Waals surface area (Å²) in [6.07, 6.45) is 8.39. The predicted octanol–water partition coefficient (Wildman–Crippen LogP) is 2.61. The quantitative estimate of drug-likeness (QED) is 0.697. The summed E-state index contributed by atoms with van der Waals surface area (Å²) in [5.74, 6) is 1.76. The molecule has 0 aliphatic carbocycles. The summed E-state index contributed by atoms with van der Waals surface area (Å²) < 4.78 is 0. The SMILES string of the molecule is Cc1cc(N2CCN(CCc3ccncc3)CC2)nc(-c2cccnc2)n1. The molecule has 0 aromatic carbocycles. The van der Waals surface area contributed by atoms with E-state index in [0.29, 0.717) is 0 Å². The average molecular weight is 360 g/mol. The maximum Gasteiger partial charge on any atom is 0.163 e. The number of hydrogen-bond donors (Lipinski definition) is 0. The van der Waals surface area contributed by atoms with Gasteiger partial charge < -0.3 is 4.90 Å². The summed E-state index contributed by atoms with van der Waals surface area (Å²) in [5.41, 5.74) is 3.29. The fourth-order valence-corrected chi connectivity index (χ4v) is 3.38. The Kier molecular flexibility index (Phi) is 5.34. The summed E-state index contributed by atoms with van der Waals surface area (Å²) in [4.78, 5) is 22.5. The molecular weight excluding hydrogens is 336 g/mol. The van der Waals surface area contributed by atoms with Crippen LogP contribution >= 0.6 is 0 Å². The molecule has 1 fully saturated rings. The molecule has 6 heteroatoms. The normalized spacial score (nSPS) is 15.1. The zero-order valence-electron chi connectivity index (χ0n) is 15.6. The van der Waals surface area contributed by atoms with Crippen LogP contribution in [0, 0.1) is 6.92 Å². The van der Waals surface area contributed by atoms with E-state index in [1.54, 1.807) is 6.20 Å². The molecule has 138 valence electrons. The fourth-order valence-electron chi connectivity index (χ4n) is 3.38. The van der Waals surface area contributed by atoms with Gasteiger partial charge in [-0.05, 0) is 43.2 Å². The van der Waals surface area contributed by atoms with Crippen LogP contribution in [0.5, 0.6) is 0 Å². The second kappa shape index (κ2) is 8.22. The van der Waals surface area contributed by atoms with Crippen LogP contribution in [0.1, 0.15) is 11.3 Å². The molecule has 0 unspecified atom stereocenters. The molecule has 4 heterocycles. The molecule has 0 radical (unpaired) electrons. The molecule has 0 amide bonds. The van der Waals surface area contributed by atoms with Gasteiger partial charge in [-0.3, -0.25) is 14.9 Å². The predicted molar refractivity (Wildman–Crippen MR) is 107 cm³/mol. The lowest BCUT2D eigenvalue weighted by Gasteiger charge is -2.35. The van der Waals surface area contributed by atoms with Crippen LogP contribution < -0.4 is 4.90 Å². The van der Waals surface area contributed by atoms with Crippen molar-refractivity contribution in [3.8, 4) is 11.4 Å². The van der Waals surface area contributed by atoms with Gasteiger partial charge in [0.05, 0.1) is 0 Å². The van der Waals surface area contributed by atoms with Crippen LogP contribution in [-0.4, -0.2) is 57.6 Å². The first kappa shape index (κ1) is 17.5. The standard InChI is InChI=1S/C21H24N6/c1-17-15-20(25-21(24-17)19-3-2-7-23-16-19)27-13-11-26(12-14-27)10-6-18-4-8-22-9-5-18/h2-5,7-9,15-16H,6,10-14H2,1H3. The third kappa shape index (κ3) is 4.46. The van der Waals surface area contributed by atoms with E-state index in [2.05, 4.69) is 43.0 Å². The van der Waals surface area contributed by atoms with Gasteiger partial charge in [-0.2, -0.15) is 0 Å². The topological polar surface area (TPSA) is 58.0 Å². The van der Waals surface area contributed by atoms with Crippen molar-refractivity contribution in [1.29, 1.82) is 0 Å². The molecule has 0 N–H and O–H groups in total. The number of piperazine rings is 1. The number of hydrogen-bond acceptors (Lipinski definition) is 6. The molecule has 1 aliphatic heterocycles.